The van der Waals surface area contributed by atoms with Crippen LogP contribution in [0.4, 0.5) is 13.2 Å². The van der Waals surface area contributed by atoms with E-state index in [2.05, 4.69) is 24.8 Å². The lowest BCUT2D eigenvalue weighted by molar-refractivity contribution is -0.192. The van der Waals surface area contributed by atoms with E-state index in [1.54, 1.807) is 17.5 Å². The van der Waals surface area contributed by atoms with Crippen LogP contribution < -0.4 is 0 Å². The molecule has 4 heterocycles. The lowest BCUT2D eigenvalue weighted by atomic mass is 10.3. The second-order valence-electron chi connectivity index (χ2n) is 7.08. The molecule has 1 amide bonds. The number of alkyl halides is 3. The Morgan fingerprint density at radius 2 is 1.87 bits per heavy atom. The first-order chi connectivity index (χ1) is 14.1. The number of rotatable bonds is 3. The maximum Gasteiger partial charge on any atom is 0.490 e. The molecule has 0 spiro atoms. The Morgan fingerprint density at radius 1 is 1.20 bits per heavy atom. The third-order valence-corrected chi connectivity index (χ3v) is 5.67. The van der Waals surface area contributed by atoms with E-state index >= 15 is 0 Å². The van der Waals surface area contributed by atoms with Crippen LogP contribution in [0.15, 0.2) is 11.6 Å². The van der Waals surface area contributed by atoms with E-state index in [-0.39, 0.29) is 5.91 Å². The van der Waals surface area contributed by atoms with Crippen molar-refractivity contribution in [1.82, 2.24) is 24.3 Å². The van der Waals surface area contributed by atoms with Crippen LogP contribution in [0.2, 0.25) is 0 Å². The predicted octanol–water partition coefficient (Wildman–Crippen LogP) is 2.53. The lowest BCUT2D eigenvalue weighted by Crippen LogP contribution is -2.36. The minimum absolute atomic E-state index is 0.143. The Hall–Kier alpha value is -2.47. The molecule has 164 valence electrons. The Balaban J connectivity index is 0.000000318. The summed E-state index contributed by atoms with van der Waals surface area (Å²) in [6.07, 6.45) is -1.09. The number of imidazole rings is 1. The number of carbonyl (C=O) groups excluding carboxylic acids is 1. The molecule has 0 atom stereocenters. The van der Waals surface area contributed by atoms with E-state index in [0.717, 1.165) is 74.3 Å². The Morgan fingerprint density at radius 3 is 2.43 bits per heavy atom. The van der Waals surface area contributed by atoms with Gasteiger partial charge < -0.3 is 14.6 Å². The van der Waals surface area contributed by atoms with Gasteiger partial charge in [-0.3, -0.25) is 9.69 Å². The smallest absolute Gasteiger partial charge is 0.475 e. The summed E-state index contributed by atoms with van der Waals surface area (Å²) in [6, 6.07) is 0. The Bertz CT molecular complexity index is 905. The highest BCUT2D eigenvalue weighted by atomic mass is 32.1. The lowest BCUT2D eigenvalue weighted by Gasteiger charge is -2.28. The van der Waals surface area contributed by atoms with E-state index in [1.807, 2.05) is 11.8 Å². The molecular weight excluding hydrogens is 423 g/mol. The molecule has 30 heavy (non-hydrogen) atoms. The number of aryl methyl sites for hydroxylation is 1. The number of fused-ring (bicyclic) bond motifs is 1. The van der Waals surface area contributed by atoms with Gasteiger partial charge in [-0.25, -0.2) is 14.8 Å². The number of amides is 1. The van der Waals surface area contributed by atoms with Crippen LogP contribution in [0.5, 0.6) is 0 Å². The van der Waals surface area contributed by atoms with Gasteiger partial charge in [-0.2, -0.15) is 13.2 Å². The zero-order chi connectivity index (χ0) is 21.9. The van der Waals surface area contributed by atoms with Gasteiger partial charge in [-0.1, -0.05) is 0 Å². The maximum absolute atomic E-state index is 12.6. The van der Waals surface area contributed by atoms with Crippen LogP contribution in [-0.2, 0) is 24.4 Å². The summed E-state index contributed by atoms with van der Waals surface area (Å²) in [7, 11) is 0. The largest absolute Gasteiger partial charge is 0.490 e. The van der Waals surface area contributed by atoms with Crippen LogP contribution in [0.3, 0.4) is 0 Å². The van der Waals surface area contributed by atoms with Gasteiger partial charge >= 0.3 is 12.1 Å². The van der Waals surface area contributed by atoms with Crippen molar-refractivity contribution in [2.24, 2.45) is 0 Å². The number of halogens is 3. The van der Waals surface area contributed by atoms with E-state index in [0.29, 0.717) is 0 Å². The highest BCUT2D eigenvalue weighted by molar-refractivity contribution is 7.09. The molecule has 12 heteroatoms. The summed E-state index contributed by atoms with van der Waals surface area (Å²) in [5, 5.41) is 10.4. The molecule has 0 radical (unpaired) electrons. The van der Waals surface area contributed by atoms with E-state index in [4.69, 9.17) is 9.90 Å². The minimum Gasteiger partial charge on any atom is -0.475 e. The molecule has 2 aliphatic rings. The van der Waals surface area contributed by atoms with Crippen molar-refractivity contribution in [1.29, 1.82) is 0 Å². The molecule has 0 unspecified atom stereocenters. The average Bonchev–Trinajstić information content (AvgIpc) is 3.41. The Kier molecular flexibility index (Phi) is 6.76. The zero-order valence-corrected chi connectivity index (χ0v) is 17.2. The number of aliphatic carboxylic acids is 1. The Labute approximate surface area is 174 Å². The van der Waals surface area contributed by atoms with Crippen molar-refractivity contribution in [3.05, 3.63) is 33.8 Å². The SMILES string of the molecule is Cc1nc(CN2CCn3c(C(=O)N4CCCC4)cnc3C2)cs1.O=C(O)C(F)(F)F. The quantitative estimate of drug-likeness (QED) is 0.781. The number of nitrogens with zero attached hydrogens (tertiary/aromatic N) is 5. The first-order valence-corrected chi connectivity index (χ1v) is 10.3. The molecule has 0 aromatic carbocycles. The zero-order valence-electron chi connectivity index (χ0n) is 16.4. The third kappa shape index (κ3) is 5.36. The second-order valence-corrected chi connectivity index (χ2v) is 8.14. The first kappa shape index (κ1) is 22.2. The monoisotopic (exact) mass is 445 g/mol. The van der Waals surface area contributed by atoms with Crippen molar-refractivity contribution in [2.75, 3.05) is 19.6 Å². The highest BCUT2D eigenvalue weighted by Crippen LogP contribution is 2.20. The van der Waals surface area contributed by atoms with Gasteiger partial charge in [0.05, 0.1) is 23.4 Å². The number of likely N-dealkylation sites (tertiary alicyclic amines) is 1. The molecule has 2 aliphatic heterocycles. The summed E-state index contributed by atoms with van der Waals surface area (Å²) < 4.78 is 33.8. The molecule has 1 N–H and O–H groups in total. The van der Waals surface area contributed by atoms with Gasteiger partial charge in [0.1, 0.15) is 11.5 Å². The van der Waals surface area contributed by atoms with Gasteiger partial charge in [-0.05, 0) is 19.8 Å². The number of thiazole rings is 1. The molecular formula is C18H22F3N5O3S. The van der Waals surface area contributed by atoms with Gasteiger partial charge in [0.2, 0.25) is 0 Å². The molecule has 1 saturated heterocycles. The minimum atomic E-state index is -5.08. The van der Waals surface area contributed by atoms with Crippen LogP contribution in [0, 0.1) is 6.92 Å². The summed E-state index contributed by atoms with van der Waals surface area (Å²) in [5.41, 5.74) is 1.88. The van der Waals surface area contributed by atoms with Gasteiger partial charge in [0, 0.05) is 38.1 Å². The maximum atomic E-state index is 12.6. The second kappa shape index (κ2) is 9.13. The van der Waals surface area contributed by atoms with Crippen LogP contribution in [-0.4, -0.2) is 67.1 Å². The van der Waals surface area contributed by atoms with E-state index in [1.165, 1.54) is 0 Å². The highest BCUT2D eigenvalue weighted by Gasteiger charge is 2.38. The number of hydrogen-bond donors (Lipinski definition) is 1. The first-order valence-electron chi connectivity index (χ1n) is 9.42. The predicted molar refractivity (Wildman–Crippen MR) is 102 cm³/mol. The van der Waals surface area contributed by atoms with Gasteiger partial charge in [-0.15, -0.1) is 11.3 Å². The molecule has 0 bridgehead atoms. The van der Waals surface area contributed by atoms with Crippen LogP contribution in [0.1, 0.15) is 39.9 Å². The van der Waals surface area contributed by atoms with E-state index in [9.17, 15) is 18.0 Å². The van der Waals surface area contributed by atoms with Crippen LogP contribution >= 0.6 is 11.3 Å². The number of carbonyl (C=O) groups is 2. The number of carboxylic acid groups (broad SMARTS) is 1. The van der Waals surface area contributed by atoms with Crippen molar-refractivity contribution < 1.29 is 27.9 Å². The average molecular weight is 445 g/mol. The number of hydrogen-bond acceptors (Lipinski definition) is 6. The normalized spacial score (nSPS) is 16.7. The molecule has 0 aliphatic carbocycles. The molecule has 2 aromatic heterocycles. The van der Waals surface area contributed by atoms with Gasteiger partial charge in [0.15, 0.2) is 0 Å². The molecule has 4 rings (SSSR count). The van der Waals surface area contributed by atoms with E-state index < -0.39 is 12.1 Å². The summed E-state index contributed by atoms with van der Waals surface area (Å²) in [4.78, 5) is 34.8. The fourth-order valence-electron chi connectivity index (χ4n) is 3.41. The van der Waals surface area contributed by atoms with Crippen molar-refractivity contribution >= 4 is 23.2 Å². The van der Waals surface area contributed by atoms with Crippen molar-refractivity contribution in [3.8, 4) is 0 Å². The molecule has 1 fully saturated rings. The topological polar surface area (TPSA) is 91.6 Å². The fourth-order valence-corrected chi connectivity index (χ4v) is 4.01. The van der Waals surface area contributed by atoms with Crippen LogP contribution in [0.25, 0.3) is 0 Å². The van der Waals surface area contributed by atoms with Crippen molar-refractivity contribution in [2.45, 2.75) is 45.6 Å². The summed E-state index contributed by atoms with van der Waals surface area (Å²) in [5.74, 6) is -1.62. The number of carboxylic acids is 1. The molecule has 8 nitrogen and oxygen atoms in total. The molecule has 2 aromatic rings. The number of aromatic nitrogens is 3. The standard InChI is InChI=1S/C16H21N5OS.C2HF3O2/c1-12-18-13(11-23-12)9-19-6-7-21-14(8-17-15(21)10-19)16(22)20-4-2-3-5-20;3-2(4,5)1(6)7/h8,11H,2-7,9-10H2,1H3;(H,6,7). The summed E-state index contributed by atoms with van der Waals surface area (Å²) in [6.45, 7) is 7.20. The fraction of sp³-hybridized carbons (Fsp3) is 0.556. The summed E-state index contributed by atoms with van der Waals surface area (Å²) >= 11 is 1.69. The molecule has 0 saturated carbocycles. The van der Waals surface area contributed by atoms with Gasteiger partial charge in [0.25, 0.3) is 5.91 Å². The third-order valence-electron chi connectivity index (χ3n) is 4.85. The van der Waals surface area contributed by atoms with Crippen molar-refractivity contribution in [3.63, 3.8) is 0 Å².